The van der Waals surface area contributed by atoms with E-state index < -0.39 is 11.4 Å². The maximum atomic E-state index is 12.5. The molecule has 0 unspecified atom stereocenters. The second-order valence-electron chi connectivity index (χ2n) is 7.88. The van der Waals surface area contributed by atoms with Gasteiger partial charge in [-0.3, -0.25) is 4.79 Å². The SMILES string of the molecule is C[C@@H]1CC[C@@H]([C@@H](C)C(=O)OCCCO)[C@@]23CO[C@@](C)(CC[C@@H]12)OO3. The average molecular weight is 342 g/mol. The van der Waals surface area contributed by atoms with Gasteiger partial charge in [0.1, 0.15) is 5.60 Å². The average Bonchev–Trinajstić information content (AvgIpc) is 2.82. The van der Waals surface area contributed by atoms with Crippen LogP contribution in [0.4, 0.5) is 0 Å². The number of carbonyl (C=O) groups is 1. The quantitative estimate of drug-likeness (QED) is 0.470. The lowest BCUT2D eigenvalue weighted by molar-refractivity contribution is -0.516. The minimum Gasteiger partial charge on any atom is -0.465 e. The van der Waals surface area contributed by atoms with E-state index >= 15 is 0 Å². The van der Waals surface area contributed by atoms with E-state index in [1.807, 2.05) is 13.8 Å². The van der Waals surface area contributed by atoms with Crippen molar-refractivity contribution in [1.82, 2.24) is 0 Å². The fraction of sp³-hybridized carbons (Fsp3) is 0.944. The minimum absolute atomic E-state index is 0.0166. The summed E-state index contributed by atoms with van der Waals surface area (Å²) in [5.41, 5.74) is -0.566. The van der Waals surface area contributed by atoms with Gasteiger partial charge in [0.05, 0.1) is 19.1 Å². The van der Waals surface area contributed by atoms with Gasteiger partial charge in [0.2, 0.25) is 0 Å². The van der Waals surface area contributed by atoms with Crippen molar-refractivity contribution in [2.45, 2.75) is 64.3 Å². The number of esters is 1. The molecule has 4 fully saturated rings. The van der Waals surface area contributed by atoms with Crippen molar-refractivity contribution < 1.29 is 29.1 Å². The van der Waals surface area contributed by atoms with E-state index in [0.29, 0.717) is 24.9 Å². The fourth-order valence-corrected chi connectivity index (χ4v) is 4.73. The summed E-state index contributed by atoms with van der Waals surface area (Å²) < 4.78 is 11.3. The number of aliphatic hydroxyl groups excluding tert-OH is 1. The molecule has 138 valence electrons. The number of aliphatic hydroxyl groups is 1. The van der Waals surface area contributed by atoms with Crippen LogP contribution in [0.5, 0.6) is 0 Å². The number of hydrogen-bond acceptors (Lipinski definition) is 6. The summed E-state index contributed by atoms with van der Waals surface area (Å²) in [7, 11) is 0. The van der Waals surface area contributed by atoms with Crippen molar-refractivity contribution in [3.05, 3.63) is 0 Å². The second-order valence-corrected chi connectivity index (χ2v) is 7.88. The lowest BCUT2D eigenvalue weighted by Crippen LogP contribution is -2.61. The number of rotatable bonds is 5. The molecule has 4 rings (SSSR count). The van der Waals surface area contributed by atoms with E-state index in [9.17, 15) is 4.79 Å². The molecule has 6 heteroatoms. The molecule has 6 nitrogen and oxygen atoms in total. The van der Waals surface area contributed by atoms with E-state index in [4.69, 9.17) is 24.4 Å². The molecule has 4 aliphatic rings. The van der Waals surface area contributed by atoms with E-state index in [0.717, 1.165) is 25.7 Å². The van der Waals surface area contributed by atoms with Crippen molar-refractivity contribution >= 4 is 5.97 Å². The molecule has 0 aromatic rings. The molecule has 0 aromatic carbocycles. The van der Waals surface area contributed by atoms with Crippen molar-refractivity contribution in [2.24, 2.45) is 23.7 Å². The largest absolute Gasteiger partial charge is 0.465 e. The third-order valence-electron chi connectivity index (χ3n) is 6.28. The molecule has 3 aliphatic heterocycles. The standard InChI is InChI=1S/C18H30O6/c1-12-5-6-15(13(2)16(20)21-10-4-9-19)18-11-22-17(3,23-24-18)8-7-14(12)18/h12-15,19H,4-11H2,1-3H3/t12-,13-,14+,15+,17-,18-/m1/s1. The Balaban J connectivity index is 1.79. The van der Waals surface area contributed by atoms with Gasteiger partial charge in [0.15, 0.2) is 5.79 Å². The zero-order chi connectivity index (χ0) is 17.4. The molecule has 24 heavy (non-hydrogen) atoms. The van der Waals surface area contributed by atoms with Crippen LogP contribution < -0.4 is 0 Å². The van der Waals surface area contributed by atoms with Gasteiger partial charge in [-0.15, -0.1) is 0 Å². The first-order valence-electron chi connectivity index (χ1n) is 9.20. The predicted molar refractivity (Wildman–Crippen MR) is 85.7 cm³/mol. The molecule has 1 spiro atoms. The van der Waals surface area contributed by atoms with Crippen molar-refractivity contribution in [1.29, 1.82) is 0 Å². The number of fused-ring (bicyclic) bond motifs is 3. The van der Waals surface area contributed by atoms with Gasteiger partial charge in [-0.25, -0.2) is 9.78 Å². The Bertz CT molecular complexity index is 456. The third-order valence-corrected chi connectivity index (χ3v) is 6.28. The molecule has 2 bridgehead atoms. The monoisotopic (exact) mass is 342 g/mol. The van der Waals surface area contributed by atoms with Gasteiger partial charge < -0.3 is 14.6 Å². The number of carbonyl (C=O) groups excluding carboxylic acids is 1. The first-order valence-corrected chi connectivity index (χ1v) is 9.20. The predicted octanol–water partition coefficient (Wildman–Crippen LogP) is 2.44. The van der Waals surface area contributed by atoms with Gasteiger partial charge in [0.25, 0.3) is 0 Å². The molecule has 0 amide bonds. The summed E-state index contributed by atoms with van der Waals surface area (Å²) in [4.78, 5) is 24.1. The molecule has 0 aromatic heterocycles. The summed E-state index contributed by atoms with van der Waals surface area (Å²) in [5.74, 6) is -0.314. The van der Waals surface area contributed by atoms with Gasteiger partial charge in [0, 0.05) is 25.4 Å². The van der Waals surface area contributed by atoms with Crippen LogP contribution in [0, 0.1) is 23.7 Å². The third kappa shape index (κ3) is 3.09. The van der Waals surface area contributed by atoms with Crippen LogP contribution in [0.3, 0.4) is 0 Å². The normalized spacial score (nSPS) is 42.9. The van der Waals surface area contributed by atoms with E-state index in [-0.39, 0.29) is 31.0 Å². The molecule has 1 N–H and O–H groups in total. The molecule has 6 atom stereocenters. The van der Waals surface area contributed by atoms with Gasteiger partial charge in [-0.2, -0.15) is 0 Å². The Kier molecular flexibility index (Phi) is 5.21. The molecule has 1 aliphatic carbocycles. The summed E-state index contributed by atoms with van der Waals surface area (Å²) in [6.45, 7) is 6.84. The highest BCUT2D eigenvalue weighted by atomic mass is 17.2. The van der Waals surface area contributed by atoms with Crippen molar-refractivity contribution in [3.63, 3.8) is 0 Å². The Morgan fingerprint density at radius 3 is 2.79 bits per heavy atom. The summed E-state index contributed by atoms with van der Waals surface area (Å²) in [5, 5.41) is 8.85. The highest BCUT2D eigenvalue weighted by molar-refractivity contribution is 5.72. The van der Waals surface area contributed by atoms with Crippen LogP contribution in [-0.2, 0) is 24.0 Å². The molecular weight excluding hydrogens is 312 g/mol. The van der Waals surface area contributed by atoms with Crippen LogP contribution in [0.25, 0.3) is 0 Å². The number of ether oxygens (including phenoxy) is 2. The maximum absolute atomic E-state index is 12.5. The van der Waals surface area contributed by atoms with Crippen LogP contribution >= 0.6 is 0 Å². The van der Waals surface area contributed by atoms with Crippen molar-refractivity contribution in [3.8, 4) is 0 Å². The molecule has 0 radical (unpaired) electrons. The Hall–Kier alpha value is -0.690. The zero-order valence-electron chi connectivity index (χ0n) is 15.0. The number of hydrogen-bond donors (Lipinski definition) is 1. The van der Waals surface area contributed by atoms with Crippen LogP contribution in [-0.4, -0.2) is 42.3 Å². The zero-order valence-corrected chi connectivity index (χ0v) is 15.0. The smallest absolute Gasteiger partial charge is 0.309 e. The molecule has 3 heterocycles. The Labute approximate surface area is 143 Å². The highest BCUT2D eigenvalue weighted by Crippen LogP contribution is 2.55. The summed E-state index contributed by atoms with van der Waals surface area (Å²) in [6.07, 6.45) is 4.24. The Morgan fingerprint density at radius 2 is 2.12 bits per heavy atom. The maximum Gasteiger partial charge on any atom is 0.309 e. The van der Waals surface area contributed by atoms with Gasteiger partial charge in [-0.1, -0.05) is 13.8 Å². The Morgan fingerprint density at radius 1 is 1.33 bits per heavy atom. The highest BCUT2D eigenvalue weighted by Gasteiger charge is 2.61. The van der Waals surface area contributed by atoms with Gasteiger partial charge in [-0.05, 0) is 38.0 Å². The molecule has 3 saturated heterocycles. The van der Waals surface area contributed by atoms with Crippen LogP contribution in [0.1, 0.15) is 52.9 Å². The second kappa shape index (κ2) is 6.90. The van der Waals surface area contributed by atoms with E-state index in [2.05, 4.69) is 6.92 Å². The van der Waals surface area contributed by atoms with Gasteiger partial charge >= 0.3 is 5.97 Å². The first kappa shape index (κ1) is 18.1. The van der Waals surface area contributed by atoms with Crippen molar-refractivity contribution in [2.75, 3.05) is 19.8 Å². The lowest BCUT2D eigenvalue weighted by Gasteiger charge is -2.52. The lowest BCUT2D eigenvalue weighted by atomic mass is 9.60. The summed E-state index contributed by atoms with van der Waals surface area (Å²) in [6, 6.07) is 0. The molecule has 1 saturated carbocycles. The van der Waals surface area contributed by atoms with E-state index in [1.54, 1.807) is 0 Å². The van der Waals surface area contributed by atoms with Crippen LogP contribution in [0.15, 0.2) is 0 Å². The topological polar surface area (TPSA) is 74.2 Å². The van der Waals surface area contributed by atoms with E-state index in [1.165, 1.54) is 0 Å². The van der Waals surface area contributed by atoms with Crippen LogP contribution in [0.2, 0.25) is 0 Å². The first-order chi connectivity index (χ1) is 11.4. The minimum atomic E-state index is -0.669. The summed E-state index contributed by atoms with van der Waals surface area (Å²) >= 11 is 0. The molecular formula is C18H30O6. The fourth-order valence-electron chi connectivity index (χ4n) is 4.73.